The minimum atomic E-state index is 0.702. The number of ether oxygens (including phenoxy) is 1. The quantitative estimate of drug-likeness (QED) is 0.766. The van der Waals surface area contributed by atoms with E-state index in [1.54, 1.807) is 0 Å². The van der Waals surface area contributed by atoms with E-state index < -0.39 is 0 Å². The predicted molar refractivity (Wildman–Crippen MR) is 103 cm³/mol. The summed E-state index contributed by atoms with van der Waals surface area (Å²) in [5.74, 6) is 2.64. The van der Waals surface area contributed by atoms with Crippen molar-refractivity contribution < 1.29 is 4.74 Å². The number of piperidine rings is 1. The first kappa shape index (κ1) is 17.5. The topological polar surface area (TPSA) is 37.4 Å². The lowest BCUT2D eigenvalue weighted by Gasteiger charge is -2.27. The van der Waals surface area contributed by atoms with E-state index in [-0.39, 0.29) is 0 Å². The van der Waals surface area contributed by atoms with Crippen LogP contribution >= 0.6 is 0 Å². The number of allylic oxidation sites excluding steroid dienone is 1. The summed E-state index contributed by atoms with van der Waals surface area (Å²) >= 11 is 0. The average molecular weight is 337 g/mol. The van der Waals surface area contributed by atoms with E-state index in [1.165, 1.54) is 30.4 Å². The Morgan fingerprint density at radius 1 is 1.08 bits per heavy atom. The van der Waals surface area contributed by atoms with Crippen LogP contribution in [-0.2, 0) is 13.1 Å². The number of rotatable bonds is 7. The molecule has 1 N–H and O–H groups in total. The number of hydrogen-bond acceptors (Lipinski definition) is 4. The highest BCUT2D eigenvalue weighted by Crippen LogP contribution is 2.18. The Bertz CT molecular complexity index is 691. The van der Waals surface area contributed by atoms with E-state index in [9.17, 15) is 0 Å². The van der Waals surface area contributed by atoms with Gasteiger partial charge in [0.2, 0.25) is 0 Å². The largest absolute Gasteiger partial charge is 0.463 e. The zero-order valence-corrected chi connectivity index (χ0v) is 15.0. The standard InChI is InChI=1S/C21H27N3O/c1-17(2)25-20-8-6-18(7-9-20)15-22-16-19-10-11-23-21(14-19)24-12-4-3-5-13-24/h6-11,14,22H,1,3-5,12-13,15-16H2,2H3. The van der Waals surface area contributed by atoms with Crippen LogP contribution in [0.15, 0.2) is 54.9 Å². The molecule has 2 heterocycles. The predicted octanol–water partition coefficient (Wildman–Crippen LogP) is 4.27. The smallest absolute Gasteiger partial charge is 0.128 e. The van der Waals surface area contributed by atoms with E-state index in [2.05, 4.69) is 46.0 Å². The summed E-state index contributed by atoms with van der Waals surface area (Å²) in [7, 11) is 0. The molecule has 0 radical (unpaired) electrons. The Hall–Kier alpha value is -2.33. The van der Waals surface area contributed by atoms with Gasteiger partial charge in [-0.05, 0) is 61.6 Å². The Morgan fingerprint density at radius 3 is 2.52 bits per heavy atom. The van der Waals surface area contributed by atoms with Crippen LogP contribution in [0.3, 0.4) is 0 Å². The van der Waals surface area contributed by atoms with Gasteiger partial charge in [0.05, 0.1) is 5.76 Å². The van der Waals surface area contributed by atoms with Crippen LogP contribution in [-0.4, -0.2) is 18.1 Å². The van der Waals surface area contributed by atoms with E-state index in [4.69, 9.17) is 4.74 Å². The molecule has 0 bridgehead atoms. The fourth-order valence-corrected chi connectivity index (χ4v) is 3.09. The van der Waals surface area contributed by atoms with Crippen LogP contribution < -0.4 is 15.0 Å². The van der Waals surface area contributed by atoms with Crippen molar-refractivity contribution in [1.82, 2.24) is 10.3 Å². The number of aromatic nitrogens is 1. The summed E-state index contributed by atoms with van der Waals surface area (Å²) in [5.41, 5.74) is 2.51. The maximum atomic E-state index is 5.49. The maximum Gasteiger partial charge on any atom is 0.128 e. The Morgan fingerprint density at radius 2 is 1.80 bits per heavy atom. The molecule has 4 heteroatoms. The van der Waals surface area contributed by atoms with Gasteiger partial charge in [-0.15, -0.1) is 0 Å². The molecule has 4 nitrogen and oxygen atoms in total. The average Bonchev–Trinajstić information content (AvgIpc) is 2.64. The van der Waals surface area contributed by atoms with Gasteiger partial charge in [-0.1, -0.05) is 18.7 Å². The number of benzene rings is 1. The van der Waals surface area contributed by atoms with Crippen molar-refractivity contribution >= 4 is 5.82 Å². The second-order valence-corrected chi connectivity index (χ2v) is 6.62. The third kappa shape index (κ3) is 5.33. The molecule has 1 aromatic carbocycles. The molecule has 0 atom stereocenters. The van der Waals surface area contributed by atoms with Crippen LogP contribution in [0.1, 0.15) is 37.3 Å². The molecule has 1 saturated heterocycles. The zero-order chi connectivity index (χ0) is 17.5. The summed E-state index contributed by atoms with van der Waals surface area (Å²) in [6, 6.07) is 12.4. The number of hydrogen-bond donors (Lipinski definition) is 1. The number of nitrogens with one attached hydrogen (secondary N) is 1. The molecule has 1 fully saturated rings. The first-order valence-corrected chi connectivity index (χ1v) is 9.03. The fourth-order valence-electron chi connectivity index (χ4n) is 3.09. The first-order valence-electron chi connectivity index (χ1n) is 9.03. The van der Waals surface area contributed by atoms with Crippen LogP contribution in [0.25, 0.3) is 0 Å². The number of anilines is 1. The molecule has 132 valence electrons. The fraction of sp³-hybridized carbons (Fsp3) is 0.381. The van der Waals surface area contributed by atoms with Gasteiger partial charge in [0.25, 0.3) is 0 Å². The van der Waals surface area contributed by atoms with E-state index in [0.717, 1.165) is 37.7 Å². The molecule has 1 aromatic heterocycles. The highest BCUT2D eigenvalue weighted by Gasteiger charge is 2.12. The molecular formula is C21H27N3O. The van der Waals surface area contributed by atoms with Crippen molar-refractivity contribution in [3.63, 3.8) is 0 Å². The molecule has 25 heavy (non-hydrogen) atoms. The molecule has 0 unspecified atom stereocenters. The molecule has 0 saturated carbocycles. The SMILES string of the molecule is C=C(C)Oc1ccc(CNCc2ccnc(N3CCCCC3)c2)cc1. The van der Waals surface area contributed by atoms with E-state index in [0.29, 0.717) is 5.76 Å². The summed E-state index contributed by atoms with van der Waals surface area (Å²) in [6.07, 6.45) is 5.81. The number of pyridine rings is 1. The van der Waals surface area contributed by atoms with Crippen LogP contribution in [0.2, 0.25) is 0 Å². The highest BCUT2D eigenvalue weighted by molar-refractivity contribution is 5.41. The molecular weight excluding hydrogens is 310 g/mol. The van der Waals surface area contributed by atoms with Crippen LogP contribution in [0.5, 0.6) is 5.75 Å². The molecule has 1 aliphatic rings. The molecule has 0 amide bonds. The van der Waals surface area contributed by atoms with Gasteiger partial charge in [-0.25, -0.2) is 4.98 Å². The second kappa shape index (κ2) is 8.67. The summed E-state index contributed by atoms with van der Waals surface area (Å²) in [4.78, 5) is 6.94. The Balaban J connectivity index is 1.50. The zero-order valence-electron chi connectivity index (χ0n) is 15.0. The third-order valence-electron chi connectivity index (χ3n) is 4.36. The first-order chi connectivity index (χ1) is 12.2. The van der Waals surface area contributed by atoms with Gasteiger partial charge < -0.3 is 15.0 Å². The second-order valence-electron chi connectivity index (χ2n) is 6.62. The summed E-state index contributed by atoms with van der Waals surface area (Å²) in [6.45, 7) is 9.53. The summed E-state index contributed by atoms with van der Waals surface area (Å²) in [5, 5.41) is 3.50. The van der Waals surface area contributed by atoms with Gasteiger partial charge in [0.1, 0.15) is 11.6 Å². The summed E-state index contributed by atoms with van der Waals surface area (Å²) < 4.78 is 5.49. The highest BCUT2D eigenvalue weighted by atomic mass is 16.5. The minimum Gasteiger partial charge on any atom is -0.463 e. The van der Waals surface area contributed by atoms with Crippen molar-refractivity contribution in [2.45, 2.75) is 39.3 Å². The Labute approximate surface area is 150 Å². The lowest BCUT2D eigenvalue weighted by atomic mass is 10.1. The van der Waals surface area contributed by atoms with Crippen molar-refractivity contribution in [1.29, 1.82) is 0 Å². The number of nitrogens with zero attached hydrogens (tertiary/aromatic N) is 2. The van der Waals surface area contributed by atoms with Gasteiger partial charge in [-0.3, -0.25) is 0 Å². The normalized spacial score (nSPS) is 14.4. The Kier molecular flexibility index (Phi) is 6.07. The van der Waals surface area contributed by atoms with Gasteiger partial charge in [-0.2, -0.15) is 0 Å². The van der Waals surface area contributed by atoms with Crippen molar-refractivity contribution in [3.8, 4) is 5.75 Å². The third-order valence-corrected chi connectivity index (χ3v) is 4.36. The van der Waals surface area contributed by atoms with Crippen molar-refractivity contribution in [3.05, 3.63) is 66.1 Å². The molecule has 0 spiro atoms. The van der Waals surface area contributed by atoms with Crippen LogP contribution in [0.4, 0.5) is 5.82 Å². The van der Waals surface area contributed by atoms with Gasteiger partial charge >= 0.3 is 0 Å². The maximum absolute atomic E-state index is 5.49. The minimum absolute atomic E-state index is 0.702. The molecule has 1 aliphatic heterocycles. The van der Waals surface area contributed by atoms with Gasteiger partial charge in [0.15, 0.2) is 0 Å². The lowest BCUT2D eigenvalue weighted by molar-refractivity contribution is 0.430. The monoisotopic (exact) mass is 337 g/mol. The van der Waals surface area contributed by atoms with Crippen molar-refractivity contribution in [2.24, 2.45) is 0 Å². The molecule has 3 rings (SSSR count). The molecule has 2 aromatic rings. The van der Waals surface area contributed by atoms with Gasteiger partial charge in [0, 0.05) is 32.4 Å². The van der Waals surface area contributed by atoms with Crippen LogP contribution in [0, 0.1) is 0 Å². The lowest BCUT2D eigenvalue weighted by Crippen LogP contribution is -2.30. The van der Waals surface area contributed by atoms with Crippen molar-refractivity contribution in [2.75, 3.05) is 18.0 Å². The van der Waals surface area contributed by atoms with E-state index >= 15 is 0 Å². The molecule has 0 aliphatic carbocycles. The van der Waals surface area contributed by atoms with E-state index in [1.807, 2.05) is 25.3 Å².